The Balaban J connectivity index is 2.27. The van der Waals surface area contributed by atoms with E-state index in [1.807, 2.05) is 0 Å². The molecule has 1 saturated heterocycles. The van der Waals surface area contributed by atoms with Crippen LogP contribution < -0.4 is 4.90 Å². The number of benzene rings is 1. The number of nitrogens with zero attached hydrogens (tertiary/aromatic N) is 1. The second-order valence-electron chi connectivity index (χ2n) is 4.25. The van der Waals surface area contributed by atoms with E-state index in [-0.39, 0.29) is 0 Å². The third-order valence-corrected chi connectivity index (χ3v) is 3.73. The first-order valence-electron chi connectivity index (χ1n) is 5.30. The van der Waals surface area contributed by atoms with Crippen LogP contribution in [0.1, 0.15) is 18.9 Å². The zero-order valence-electron chi connectivity index (χ0n) is 8.84. The summed E-state index contributed by atoms with van der Waals surface area (Å²) in [5.41, 5.74) is 2.53. The van der Waals surface area contributed by atoms with Crippen LogP contribution in [-0.2, 0) is 5.88 Å². The predicted molar refractivity (Wildman–Crippen MR) is 69.7 cm³/mol. The molecule has 0 aromatic heterocycles. The van der Waals surface area contributed by atoms with E-state index in [9.17, 15) is 0 Å². The number of halogens is 2. The van der Waals surface area contributed by atoms with Crippen molar-refractivity contribution in [1.82, 2.24) is 0 Å². The summed E-state index contributed by atoms with van der Waals surface area (Å²) in [5.74, 6) is 1.39. The van der Waals surface area contributed by atoms with Crippen molar-refractivity contribution in [3.05, 3.63) is 28.2 Å². The first kappa shape index (κ1) is 11.3. The van der Waals surface area contributed by atoms with E-state index in [1.165, 1.54) is 17.7 Å². The highest BCUT2D eigenvalue weighted by molar-refractivity contribution is 9.10. The predicted octanol–water partition coefficient (Wildman–Crippen LogP) is 4.03. The molecule has 1 nitrogen and oxygen atoms in total. The van der Waals surface area contributed by atoms with Gasteiger partial charge in [-0.1, -0.05) is 22.9 Å². The maximum Gasteiger partial charge on any atom is 0.0494 e. The van der Waals surface area contributed by atoms with Crippen molar-refractivity contribution in [2.24, 2.45) is 5.92 Å². The van der Waals surface area contributed by atoms with Gasteiger partial charge in [-0.3, -0.25) is 0 Å². The quantitative estimate of drug-likeness (QED) is 0.743. The number of hydrogen-bond donors (Lipinski definition) is 0. The molecule has 1 aliphatic rings. The van der Waals surface area contributed by atoms with Gasteiger partial charge in [0.1, 0.15) is 0 Å². The van der Waals surface area contributed by atoms with Gasteiger partial charge in [-0.15, -0.1) is 11.6 Å². The Labute approximate surface area is 105 Å². The van der Waals surface area contributed by atoms with Gasteiger partial charge in [-0.25, -0.2) is 0 Å². The molecule has 0 N–H and O–H groups in total. The van der Waals surface area contributed by atoms with Crippen molar-refractivity contribution in [2.75, 3.05) is 18.0 Å². The Hall–Kier alpha value is -0.210. The van der Waals surface area contributed by atoms with Crippen molar-refractivity contribution >= 4 is 33.2 Å². The minimum atomic E-state index is 0.583. The highest BCUT2D eigenvalue weighted by atomic mass is 79.9. The minimum absolute atomic E-state index is 0.583. The van der Waals surface area contributed by atoms with Crippen LogP contribution in [0.4, 0.5) is 5.69 Å². The van der Waals surface area contributed by atoms with Crippen LogP contribution in [0.5, 0.6) is 0 Å². The summed E-state index contributed by atoms with van der Waals surface area (Å²) in [7, 11) is 0. The van der Waals surface area contributed by atoms with Crippen LogP contribution in [0.25, 0.3) is 0 Å². The lowest BCUT2D eigenvalue weighted by Gasteiger charge is -2.21. The summed E-state index contributed by atoms with van der Waals surface area (Å²) < 4.78 is 1.11. The lowest BCUT2D eigenvalue weighted by atomic mass is 10.1. The fourth-order valence-corrected chi connectivity index (χ4v) is 2.75. The van der Waals surface area contributed by atoms with Gasteiger partial charge < -0.3 is 4.90 Å². The zero-order valence-corrected chi connectivity index (χ0v) is 11.2. The van der Waals surface area contributed by atoms with Gasteiger partial charge >= 0.3 is 0 Å². The Bertz CT molecular complexity index is 353. The molecule has 0 spiro atoms. The maximum absolute atomic E-state index is 5.97. The average Bonchev–Trinajstić information content (AvgIpc) is 2.64. The first-order chi connectivity index (χ1) is 7.20. The van der Waals surface area contributed by atoms with Gasteiger partial charge in [0.05, 0.1) is 0 Å². The van der Waals surface area contributed by atoms with Crippen LogP contribution in [0.2, 0.25) is 0 Å². The number of anilines is 1. The minimum Gasteiger partial charge on any atom is -0.371 e. The molecule has 1 aromatic rings. The Morgan fingerprint density at radius 1 is 1.53 bits per heavy atom. The van der Waals surface area contributed by atoms with Gasteiger partial charge in [0.2, 0.25) is 0 Å². The summed E-state index contributed by atoms with van der Waals surface area (Å²) >= 11 is 9.45. The number of rotatable bonds is 2. The number of alkyl halides is 1. The largest absolute Gasteiger partial charge is 0.371 e. The van der Waals surface area contributed by atoms with Crippen LogP contribution >= 0.6 is 27.5 Å². The third kappa shape index (κ3) is 2.48. The van der Waals surface area contributed by atoms with Crippen molar-refractivity contribution < 1.29 is 0 Å². The summed E-state index contributed by atoms with van der Waals surface area (Å²) in [5, 5.41) is 0. The summed E-state index contributed by atoms with van der Waals surface area (Å²) in [6.07, 6.45) is 1.29. The molecule has 1 atom stereocenters. The first-order valence-corrected chi connectivity index (χ1v) is 6.63. The summed E-state index contributed by atoms with van der Waals surface area (Å²) in [4.78, 5) is 2.44. The van der Waals surface area contributed by atoms with E-state index in [2.05, 4.69) is 46.0 Å². The van der Waals surface area contributed by atoms with E-state index in [1.54, 1.807) is 0 Å². The van der Waals surface area contributed by atoms with E-state index in [4.69, 9.17) is 11.6 Å². The second kappa shape index (κ2) is 4.75. The van der Waals surface area contributed by atoms with Crippen molar-refractivity contribution in [3.63, 3.8) is 0 Å². The van der Waals surface area contributed by atoms with Gasteiger partial charge in [0, 0.05) is 29.1 Å². The van der Waals surface area contributed by atoms with Gasteiger partial charge in [-0.05, 0) is 36.1 Å². The highest BCUT2D eigenvalue weighted by Crippen LogP contribution is 2.30. The van der Waals surface area contributed by atoms with E-state index < -0.39 is 0 Å². The Morgan fingerprint density at radius 2 is 2.33 bits per heavy atom. The van der Waals surface area contributed by atoms with Gasteiger partial charge in [-0.2, -0.15) is 0 Å². The fraction of sp³-hybridized carbons (Fsp3) is 0.500. The maximum atomic E-state index is 5.97. The molecule has 0 saturated carbocycles. The smallest absolute Gasteiger partial charge is 0.0494 e. The molecular formula is C12H15BrClN. The SMILES string of the molecule is CC1CCN(c2ccc(Br)cc2CCl)C1. The topological polar surface area (TPSA) is 3.24 Å². The lowest BCUT2D eigenvalue weighted by molar-refractivity contribution is 0.659. The van der Waals surface area contributed by atoms with Crippen molar-refractivity contribution in [1.29, 1.82) is 0 Å². The van der Waals surface area contributed by atoms with Gasteiger partial charge in [0.15, 0.2) is 0 Å². The molecule has 0 amide bonds. The molecule has 0 radical (unpaired) electrons. The average molecular weight is 289 g/mol. The standard InChI is InChI=1S/C12H15BrClN/c1-9-4-5-15(8-9)12-3-2-11(13)6-10(12)7-14/h2-3,6,9H,4-5,7-8H2,1H3. The van der Waals surface area contributed by atoms with E-state index >= 15 is 0 Å². The molecule has 0 aliphatic carbocycles. The molecular weight excluding hydrogens is 273 g/mol. The summed E-state index contributed by atoms with van der Waals surface area (Å²) in [6, 6.07) is 6.37. The molecule has 3 heteroatoms. The molecule has 1 heterocycles. The molecule has 2 rings (SSSR count). The molecule has 1 fully saturated rings. The fourth-order valence-electron chi connectivity index (χ4n) is 2.12. The van der Waals surface area contributed by atoms with Gasteiger partial charge in [0.25, 0.3) is 0 Å². The van der Waals surface area contributed by atoms with Crippen LogP contribution in [0.15, 0.2) is 22.7 Å². The molecule has 82 valence electrons. The Kier molecular flexibility index (Phi) is 3.57. The van der Waals surface area contributed by atoms with Crippen molar-refractivity contribution in [2.45, 2.75) is 19.2 Å². The molecule has 1 aliphatic heterocycles. The monoisotopic (exact) mass is 287 g/mol. The summed E-state index contributed by atoms with van der Waals surface area (Å²) in [6.45, 7) is 4.62. The normalized spacial score (nSPS) is 21.0. The van der Waals surface area contributed by atoms with E-state index in [0.29, 0.717) is 5.88 Å². The van der Waals surface area contributed by atoms with Crippen molar-refractivity contribution in [3.8, 4) is 0 Å². The zero-order chi connectivity index (χ0) is 10.8. The molecule has 15 heavy (non-hydrogen) atoms. The Morgan fingerprint density at radius 3 is 2.93 bits per heavy atom. The third-order valence-electron chi connectivity index (χ3n) is 2.95. The molecule has 1 aromatic carbocycles. The highest BCUT2D eigenvalue weighted by Gasteiger charge is 2.20. The van der Waals surface area contributed by atoms with Crippen LogP contribution in [0, 0.1) is 5.92 Å². The van der Waals surface area contributed by atoms with Crippen LogP contribution in [0.3, 0.4) is 0 Å². The molecule has 1 unspecified atom stereocenters. The molecule has 0 bridgehead atoms. The lowest BCUT2D eigenvalue weighted by Crippen LogP contribution is -2.20. The van der Waals surface area contributed by atoms with Crippen LogP contribution in [-0.4, -0.2) is 13.1 Å². The number of hydrogen-bond acceptors (Lipinski definition) is 1. The van der Waals surface area contributed by atoms with E-state index in [0.717, 1.165) is 23.5 Å². The second-order valence-corrected chi connectivity index (χ2v) is 5.43.